The van der Waals surface area contributed by atoms with E-state index < -0.39 is 0 Å². The van der Waals surface area contributed by atoms with Gasteiger partial charge in [-0.2, -0.15) is 0 Å². The first-order chi connectivity index (χ1) is 5.20. The lowest BCUT2D eigenvalue weighted by Crippen LogP contribution is -2.31. The molecule has 0 heterocycles. The topological polar surface area (TPSA) is 38.3 Å². The van der Waals surface area contributed by atoms with Gasteiger partial charge in [-0.05, 0) is 13.5 Å². The number of hydrogen-bond donors (Lipinski definition) is 1. The van der Waals surface area contributed by atoms with Gasteiger partial charge in [0.15, 0.2) is 0 Å². The van der Waals surface area contributed by atoms with Crippen LogP contribution in [-0.2, 0) is 9.53 Å². The van der Waals surface area contributed by atoms with Crippen molar-refractivity contribution in [3.63, 3.8) is 0 Å². The second kappa shape index (κ2) is 6.16. The van der Waals surface area contributed by atoms with E-state index >= 15 is 0 Å². The van der Waals surface area contributed by atoms with E-state index in [1.807, 2.05) is 13.8 Å². The van der Waals surface area contributed by atoms with Crippen LogP contribution in [0.25, 0.3) is 0 Å². The molecule has 0 saturated heterocycles. The highest BCUT2D eigenvalue weighted by atomic mass is 16.5. The summed E-state index contributed by atoms with van der Waals surface area (Å²) < 4.78 is 4.90. The Morgan fingerprint density at radius 1 is 1.55 bits per heavy atom. The minimum absolute atomic E-state index is 0.130. The SMILES string of the molecule is CCNC(C)COC(=O)CC. The van der Waals surface area contributed by atoms with Gasteiger partial charge in [0, 0.05) is 12.5 Å². The molecule has 0 aliphatic heterocycles. The summed E-state index contributed by atoms with van der Waals surface area (Å²) in [5.41, 5.74) is 0. The van der Waals surface area contributed by atoms with Gasteiger partial charge in [0.05, 0.1) is 0 Å². The molecule has 0 aliphatic rings. The van der Waals surface area contributed by atoms with E-state index in [9.17, 15) is 4.79 Å². The van der Waals surface area contributed by atoms with Crippen molar-refractivity contribution in [1.82, 2.24) is 5.32 Å². The summed E-state index contributed by atoms with van der Waals surface area (Å²) in [5, 5.41) is 3.15. The Hall–Kier alpha value is -0.570. The molecular formula is C8H17NO2. The molecule has 0 amide bonds. The number of hydrogen-bond acceptors (Lipinski definition) is 3. The van der Waals surface area contributed by atoms with E-state index in [2.05, 4.69) is 5.32 Å². The number of likely N-dealkylation sites (N-methyl/N-ethyl adjacent to an activating group) is 1. The Bertz CT molecular complexity index is 115. The fourth-order valence-electron chi connectivity index (χ4n) is 0.727. The zero-order valence-electron chi connectivity index (χ0n) is 7.52. The lowest BCUT2D eigenvalue weighted by Gasteiger charge is -2.11. The molecule has 11 heavy (non-hydrogen) atoms. The Balaban J connectivity index is 3.29. The maximum absolute atomic E-state index is 10.7. The summed E-state index contributed by atoms with van der Waals surface area (Å²) in [6.45, 7) is 7.19. The zero-order valence-corrected chi connectivity index (χ0v) is 7.52. The van der Waals surface area contributed by atoms with E-state index in [4.69, 9.17) is 4.74 Å². The highest BCUT2D eigenvalue weighted by Crippen LogP contribution is 1.87. The fourth-order valence-corrected chi connectivity index (χ4v) is 0.727. The first-order valence-electron chi connectivity index (χ1n) is 4.09. The molecule has 1 N–H and O–H groups in total. The third kappa shape index (κ3) is 5.85. The summed E-state index contributed by atoms with van der Waals surface area (Å²) in [6.07, 6.45) is 0.457. The number of carbonyl (C=O) groups excluding carboxylic acids is 1. The molecule has 0 fully saturated rings. The molecule has 0 aliphatic carbocycles. The molecule has 66 valence electrons. The van der Waals surface area contributed by atoms with Crippen LogP contribution in [0.15, 0.2) is 0 Å². The van der Waals surface area contributed by atoms with Crippen LogP contribution >= 0.6 is 0 Å². The molecule has 0 rings (SSSR count). The van der Waals surface area contributed by atoms with Crippen LogP contribution in [0.5, 0.6) is 0 Å². The van der Waals surface area contributed by atoms with Gasteiger partial charge in [-0.3, -0.25) is 4.79 Å². The lowest BCUT2D eigenvalue weighted by molar-refractivity contribution is -0.143. The summed E-state index contributed by atoms with van der Waals surface area (Å²) >= 11 is 0. The van der Waals surface area contributed by atoms with Crippen LogP contribution in [0, 0.1) is 0 Å². The maximum Gasteiger partial charge on any atom is 0.305 e. The average molecular weight is 159 g/mol. The molecule has 0 aromatic carbocycles. The van der Waals surface area contributed by atoms with Crippen LogP contribution in [-0.4, -0.2) is 25.2 Å². The van der Waals surface area contributed by atoms with Crippen molar-refractivity contribution in [2.75, 3.05) is 13.2 Å². The molecule has 0 aromatic rings. The summed E-state index contributed by atoms with van der Waals surface area (Å²) in [7, 11) is 0. The van der Waals surface area contributed by atoms with Crippen LogP contribution in [0.4, 0.5) is 0 Å². The molecule has 3 nitrogen and oxygen atoms in total. The fraction of sp³-hybridized carbons (Fsp3) is 0.875. The standard InChI is InChI=1S/C8H17NO2/c1-4-8(10)11-6-7(3)9-5-2/h7,9H,4-6H2,1-3H3. The molecule has 1 atom stereocenters. The van der Waals surface area contributed by atoms with Crippen LogP contribution < -0.4 is 5.32 Å². The van der Waals surface area contributed by atoms with Crippen molar-refractivity contribution in [3.8, 4) is 0 Å². The van der Waals surface area contributed by atoms with E-state index in [0.29, 0.717) is 13.0 Å². The molecule has 0 spiro atoms. The highest BCUT2D eigenvalue weighted by molar-refractivity contribution is 5.68. The molecule has 3 heteroatoms. The molecule has 0 saturated carbocycles. The van der Waals surface area contributed by atoms with E-state index in [1.165, 1.54) is 0 Å². The first-order valence-corrected chi connectivity index (χ1v) is 4.09. The van der Waals surface area contributed by atoms with Crippen molar-refractivity contribution < 1.29 is 9.53 Å². The minimum atomic E-state index is -0.130. The van der Waals surface area contributed by atoms with Gasteiger partial charge >= 0.3 is 5.97 Å². The number of ether oxygens (including phenoxy) is 1. The van der Waals surface area contributed by atoms with Gasteiger partial charge < -0.3 is 10.1 Å². The third-order valence-corrected chi connectivity index (χ3v) is 1.34. The van der Waals surface area contributed by atoms with Gasteiger partial charge in [-0.1, -0.05) is 13.8 Å². The van der Waals surface area contributed by atoms with E-state index in [1.54, 1.807) is 6.92 Å². The third-order valence-electron chi connectivity index (χ3n) is 1.34. The van der Waals surface area contributed by atoms with Crippen molar-refractivity contribution in [2.45, 2.75) is 33.2 Å². The molecule has 0 aromatic heterocycles. The van der Waals surface area contributed by atoms with Crippen LogP contribution in [0.1, 0.15) is 27.2 Å². The van der Waals surface area contributed by atoms with Crippen LogP contribution in [0.2, 0.25) is 0 Å². The molecule has 0 radical (unpaired) electrons. The van der Waals surface area contributed by atoms with Gasteiger partial charge in [0.2, 0.25) is 0 Å². The Kier molecular flexibility index (Phi) is 5.84. The summed E-state index contributed by atoms with van der Waals surface area (Å²) in [4.78, 5) is 10.7. The van der Waals surface area contributed by atoms with Gasteiger partial charge in [0.25, 0.3) is 0 Å². The van der Waals surface area contributed by atoms with Crippen LogP contribution in [0.3, 0.4) is 0 Å². The predicted octanol–water partition coefficient (Wildman–Crippen LogP) is 0.938. The summed E-state index contributed by atoms with van der Waals surface area (Å²) in [5.74, 6) is -0.130. The number of carbonyl (C=O) groups is 1. The monoisotopic (exact) mass is 159 g/mol. The quantitative estimate of drug-likeness (QED) is 0.607. The lowest BCUT2D eigenvalue weighted by atomic mass is 10.3. The molecule has 0 bridgehead atoms. The number of esters is 1. The largest absolute Gasteiger partial charge is 0.464 e. The van der Waals surface area contributed by atoms with Crippen molar-refractivity contribution in [2.24, 2.45) is 0 Å². The van der Waals surface area contributed by atoms with Crippen molar-refractivity contribution in [1.29, 1.82) is 0 Å². The second-order valence-corrected chi connectivity index (χ2v) is 2.50. The first kappa shape index (κ1) is 10.4. The number of nitrogens with one attached hydrogen (secondary N) is 1. The van der Waals surface area contributed by atoms with Crippen molar-refractivity contribution in [3.05, 3.63) is 0 Å². The van der Waals surface area contributed by atoms with Gasteiger partial charge in [-0.25, -0.2) is 0 Å². The molecule has 1 unspecified atom stereocenters. The molecular weight excluding hydrogens is 142 g/mol. The van der Waals surface area contributed by atoms with Crippen molar-refractivity contribution >= 4 is 5.97 Å². The Morgan fingerprint density at radius 2 is 2.18 bits per heavy atom. The number of rotatable bonds is 5. The maximum atomic E-state index is 10.7. The summed E-state index contributed by atoms with van der Waals surface area (Å²) in [6, 6.07) is 0.260. The van der Waals surface area contributed by atoms with Gasteiger partial charge in [-0.15, -0.1) is 0 Å². The Morgan fingerprint density at radius 3 is 2.64 bits per heavy atom. The zero-order chi connectivity index (χ0) is 8.69. The Labute approximate surface area is 68.1 Å². The highest BCUT2D eigenvalue weighted by Gasteiger charge is 2.02. The smallest absolute Gasteiger partial charge is 0.305 e. The van der Waals surface area contributed by atoms with E-state index in [-0.39, 0.29) is 12.0 Å². The van der Waals surface area contributed by atoms with E-state index in [0.717, 1.165) is 6.54 Å². The minimum Gasteiger partial charge on any atom is -0.464 e. The normalized spacial score (nSPS) is 12.6. The average Bonchev–Trinajstić information content (AvgIpc) is 2.01. The van der Waals surface area contributed by atoms with Gasteiger partial charge in [0.1, 0.15) is 6.61 Å². The second-order valence-electron chi connectivity index (χ2n) is 2.50. The predicted molar refractivity (Wildman–Crippen MR) is 44.4 cm³/mol.